The van der Waals surface area contributed by atoms with Crippen molar-refractivity contribution in [1.29, 1.82) is 0 Å². The number of unbranched alkanes of at least 4 members (excludes halogenated alkanes) is 30. The van der Waals surface area contributed by atoms with Gasteiger partial charge < -0.3 is 9.84 Å². The molecule has 0 saturated heterocycles. The molecule has 0 aliphatic heterocycles. The Morgan fingerprint density at radius 1 is 0.370 bits per heavy atom. The molecular weight excluding hydrogens is 560 g/mol. The van der Waals surface area contributed by atoms with Crippen LogP contribution in [0.5, 0.6) is 0 Å². The highest BCUT2D eigenvalue weighted by atomic mass is 16.6. The number of hydrogen-bond acceptors (Lipinski definition) is 2. The normalized spacial score (nSPS) is 13.2. The summed E-state index contributed by atoms with van der Waals surface area (Å²) in [6, 6.07) is 0. The largest absolute Gasteiger partial charge is 0.368 e. The standard InChI is InChI=1S/C44H88O2/c1-4-7-10-13-16-19-21-22-23-24-25-27-30-33-36-39-42-46-44(45)43(40-37-34-31-28-18-15-12-9-6-3)41-38-35-32-29-26-20-17-14-11-8-5-2/h22-23,43-45H,4-21,24-42H2,1-3H3/b23-22-. The highest BCUT2D eigenvalue weighted by Gasteiger charge is 2.19. The van der Waals surface area contributed by atoms with Crippen molar-refractivity contribution in [2.75, 3.05) is 6.61 Å². The first-order chi connectivity index (χ1) is 22.8. The van der Waals surface area contributed by atoms with Gasteiger partial charge in [0.1, 0.15) is 0 Å². The van der Waals surface area contributed by atoms with Gasteiger partial charge in [0, 0.05) is 12.5 Å². The van der Waals surface area contributed by atoms with E-state index in [1.165, 1.54) is 212 Å². The zero-order valence-electron chi connectivity index (χ0n) is 32.3. The summed E-state index contributed by atoms with van der Waals surface area (Å²) in [6.07, 6.45) is 52.7. The van der Waals surface area contributed by atoms with Gasteiger partial charge in [0.05, 0.1) is 0 Å². The predicted octanol–water partition coefficient (Wildman–Crippen LogP) is 15.6. The highest BCUT2D eigenvalue weighted by molar-refractivity contribution is 4.81. The van der Waals surface area contributed by atoms with E-state index >= 15 is 0 Å². The lowest BCUT2D eigenvalue weighted by Gasteiger charge is -2.23. The second-order valence-electron chi connectivity index (χ2n) is 14.9. The van der Waals surface area contributed by atoms with Crippen molar-refractivity contribution in [3.8, 4) is 0 Å². The third-order valence-corrected chi connectivity index (χ3v) is 10.2. The Bertz CT molecular complexity index is 558. The lowest BCUT2D eigenvalue weighted by Crippen LogP contribution is -2.24. The van der Waals surface area contributed by atoms with E-state index in [-0.39, 0.29) is 0 Å². The molecule has 0 bridgehead atoms. The second kappa shape index (κ2) is 40.8. The van der Waals surface area contributed by atoms with Gasteiger partial charge >= 0.3 is 0 Å². The van der Waals surface area contributed by atoms with Crippen LogP contribution in [0.3, 0.4) is 0 Å². The van der Waals surface area contributed by atoms with Gasteiger partial charge in [-0.05, 0) is 44.9 Å². The van der Waals surface area contributed by atoms with Crippen LogP contribution in [0.2, 0.25) is 0 Å². The molecule has 0 aliphatic rings. The quantitative estimate of drug-likeness (QED) is 0.0407. The van der Waals surface area contributed by atoms with E-state index < -0.39 is 6.29 Å². The van der Waals surface area contributed by atoms with Crippen LogP contribution in [0.1, 0.15) is 252 Å². The average Bonchev–Trinajstić information content (AvgIpc) is 3.06. The molecular formula is C44H88O2. The van der Waals surface area contributed by atoms with Crippen molar-refractivity contribution in [3.63, 3.8) is 0 Å². The Morgan fingerprint density at radius 3 is 1.00 bits per heavy atom. The molecule has 0 saturated carbocycles. The summed E-state index contributed by atoms with van der Waals surface area (Å²) in [5, 5.41) is 11.0. The van der Waals surface area contributed by atoms with Gasteiger partial charge in [0.2, 0.25) is 0 Å². The number of allylic oxidation sites excluding steroid dienone is 2. The molecule has 2 heteroatoms. The lowest BCUT2D eigenvalue weighted by molar-refractivity contribution is -0.138. The van der Waals surface area contributed by atoms with Crippen LogP contribution < -0.4 is 0 Å². The van der Waals surface area contributed by atoms with Crippen LogP contribution in [0.25, 0.3) is 0 Å². The minimum atomic E-state index is -0.555. The summed E-state index contributed by atoms with van der Waals surface area (Å²) in [6.45, 7) is 7.62. The molecule has 2 atom stereocenters. The zero-order chi connectivity index (χ0) is 33.4. The number of aliphatic hydroxyl groups excluding tert-OH is 1. The molecule has 0 heterocycles. The molecule has 0 radical (unpaired) electrons. The first-order valence-electron chi connectivity index (χ1n) is 21.7. The van der Waals surface area contributed by atoms with Crippen molar-refractivity contribution in [2.45, 2.75) is 258 Å². The maximum atomic E-state index is 11.0. The molecule has 0 amide bonds. The first-order valence-corrected chi connectivity index (χ1v) is 21.7. The summed E-state index contributed by atoms with van der Waals surface area (Å²) in [4.78, 5) is 0. The molecule has 0 aliphatic carbocycles. The third kappa shape index (κ3) is 36.5. The number of ether oxygens (including phenoxy) is 1. The van der Waals surface area contributed by atoms with Gasteiger partial charge in [-0.1, -0.05) is 219 Å². The fourth-order valence-corrected chi connectivity index (χ4v) is 6.91. The van der Waals surface area contributed by atoms with E-state index in [1.807, 2.05) is 0 Å². The van der Waals surface area contributed by atoms with Crippen molar-refractivity contribution in [2.24, 2.45) is 5.92 Å². The van der Waals surface area contributed by atoms with Gasteiger partial charge in [0.15, 0.2) is 6.29 Å². The molecule has 0 fully saturated rings. The maximum Gasteiger partial charge on any atom is 0.157 e. The van der Waals surface area contributed by atoms with Gasteiger partial charge in [-0.15, -0.1) is 0 Å². The molecule has 276 valence electrons. The van der Waals surface area contributed by atoms with Crippen molar-refractivity contribution < 1.29 is 9.84 Å². The second-order valence-corrected chi connectivity index (χ2v) is 14.9. The van der Waals surface area contributed by atoms with Gasteiger partial charge in [-0.3, -0.25) is 0 Å². The van der Waals surface area contributed by atoms with E-state index in [0.717, 1.165) is 25.9 Å². The average molecular weight is 649 g/mol. The predicted molar refractivity (Wildman–Crippen MR) is 208 cm³/mol. The van der Waals surface area contributed by atoms with Crippen LogP contribution in [0, 0.1) is 5.92 Å². The first kappa shape index (κ1) is 45.7. The van der Waals surface area contributed by atoms with Crippen LogP contribution >= 0.6 is 0 Å². The number of rotatable bonds is 40. The minimum absolute atomic E-state index is 0.331. The van der Waals surface area contributed by atoms with Crippen LogP contribution in [-0.2, 0) is 4.74 Å². The van der Waals surface area contributed by atoms with Crippen LogP contribution in [0.15, 0.2) is 12.2 Å². The summed E-state index contributed by atoms with van der Waals surface area (Å²) in [7, 11) is 0. The highest BCUT2D eigenvalue weighted by Crippen LogP contribution is 2.24. The maximum absolute atomic E-state index is 11.0. The molecule has 1 N–H and O–H groups in total. The van der Waals surface area contributed by atoms with Gasteiger partial charge in [0.25, 0.3) is 0 Å². The van der Waals surface area contributed by atoms with Gasteiger partial charge in [-0.2, -0.15) is 0 Å². The number of hydrogen-bond donors (Lipinski definition) is 1. The Morgan fingerprint density at radius 2 is 0.652 bits per heavy atom. The molecule has 0 aromatic carbocycles. The van der Waals surface area contributed by atoms with E-state index in [9.17, 15) is 5.11 Å². The topological polar surface area (TPSA) is 29.5 Å². The Balaban J connectivity index is 3.99. The summed E-state index contributed by atoms with van der Waals surface area (Å²) in [5.41, 5.74) is 0. The van der Waals surface area contributed by atoms with E-state index in [4.69, 9.17) is 4.74 Å². The fourth-order valence-electron chi connectivity index (χ4n) is 6.91. The molecule has 0 aromatic heterocycles. The van der Waals surface area contributed by atoms with Crippen molar-refractivity contribution in [3.05, 3.63) is 12.2 Å². The van der Waals surface area contributed by atoms with Crippen molar-refractivity contribution >= 4 is 0 Å². The Labute approximate surface area is 292 Å². The lowest BCUT2D eigenvalue weighted by atomic mass is 9.93. The molecule has 0 spiro atoms. The van der Waals surface area contributed by atoms with E-state index in [2.05, 4.69) is 32.9 Å². The van der Waals surface area contributed by atoms with E-state index in [0.29, 0.717) is 5.92 Å². The molecule has 46 heavy (non-hydrogen) atoms. The Kier molecular flexibility index (Phi) is 40.5. The van der Waals surface area contributed by atoms with E-state index in [1.54, 1.807) is 0 Å². The number of aliphatic hydroxyl groups is 1. The molecule has 0 aromatic rings. The summed E-state index contributed by atoms with van der Waals surface area (Å²) < 4.78 is 6.05. The Hall–Kier alpha value is -0.340. The van der Waals surface area contributed by atoms with Gasteiger partial charge in [-0.25, -0.2) is 0 Å². The SMILES string of the molecule is CCCCCCCC/C=C\CCCCCCCCOC(O)C(CCCCCCCCCCC)CCCCCCCCCCCCC. The molecule has 0 rings (SSSR count). The fraction of sp³-hybridized carbons (Fsp3) is 0.955. The monoisotopic (exact) mass is 649 g/mol. The van der Waals surface area contributed by atoms with Crippen LogP contribution in [-0.4, -0.2) is 18.0 Å². The zero-order valence-corrected chi connectivity index (χ0v) is 32.3. The smallest absolute Gasteiger partial charge is 0.157 e. The molecule has 2 nitrogen and oxygen atoms in total. The minimum Gasteiger partial charge on any atom is -0.368 e. The van der Waals surface area contributed by atoms with Crippen LogP contribution in [0.4, 0.5) is 0 Å². The third-order valence-electron chi connectivity index (χ3n) is 10.2. The summed E-state index contributed by atoms with van der Waals surface area (Å²) in [5.74, 6) is 0.331. The summed E-state index contributed by atoms with van der Waals surface area (Å²) >= 11 is 0. The molecule has 2 unspecified atom stereocenters. The van der Waals surface area contributed by atoms with Crippen molar-refractivity contribution in [1.82, 2.24) is 0 Å².